The van der Waals surface area contributed by atoms with E-state index in [4.69, 9.17) is 0 Å². The lowest BCUT2D eigenvalue weighted by molar-refractivity contribution is 0.119. The van der Waals surface area contributed by atoms with Crippen molar-refractivity contribution in [2.45, 2.75) is 20.0 Å². The highest BCUT2D eigenvalue weighted by Gasteiger charge is 2.13. The summed E-state index contributed by atoms with van der Waals surface area (Å²) in [6.07, 6.45) is 1.61. The van der Waals surface area contributed by atoms with E-state index in [9.17, 15) is 5.11 Å². The van der Waals surface area contributed by atoms with Crippen molar-refractivity contribution in [2.24, 2.45) is 13.0 Å². The molecule has 1 N–H and O–H groups in total. The first-order chi connectivity index (χ1) is 5.13. The maximum absolute atomic E-state index is 9.65. The molecule has 0 saturated heterocycles. The summed E-state index contributed by atoms with van der Waals surface area (Å²) in [4.78, 5) is 0. The van der Waals surface area contributed by atoms with Gasteiger partial charge in [0, 0.05) is 18.9 Å². The number of aryl methyl sites for hydroxylation is 1. The van der Waals surface area contributed by atoms with Gasteiger partial charge < -0.3 is 9.67 Å². The molecule has 2 nitrogen and oxygen atoms in total. The summed E-state index contributed by atoms with van der Waals surface area (Å²) in [7, 11) is 1.95. The van der Waals surface area contributed by atoms with Crippen LogP contribution in [-0.4, -0.2) is 9.67 Å². The van der Waals surface area contributed by atoms with Crippen LogP contribution in [0.15, 0.2) is 18.3 Å². The predicted molar refractivity (Wildman–Crippen MR) is 45.2 cm³/mol. The van der Waals surface area contributed by atoms with E-state index < -0.39 is 0 Å². The molecule has 0 bridgehead atoms. The normalized spacial score (nSPS) is 13.9. The molecule has 1 atom stereocenters. The van der Waals surface area contributed by atoms with Gasteiger partial charge >= 0.3 is 0 Å². The summed E-state index contributed by atoms with van der Waals surface area (Å²) in [5.41, 5.74) is 0.986. The van der Waals surface area contributed by atoms with Crippen LogP contribution in [0.1, 0.15) is 25.6 Å². The Labute approximate surface area is 67.5 Å². The minimum Gasteiger partial charge on any atom is -0.387 e. The Morgan fingerprint density at radius 3 is 2.45 bits per heavy atom. The van der Waals surface area contributed by atoms with Gasteiger partial charge in [-0.25, -0.2) is 0 Å². The lowest BCUT2D eigenvalue weighted by Gasteiger charge is -2.14. The third-order valence-electron chi connectivity index (χ3n) is 1.92. The van der Waals surface area contributed by atoms with Gasteiger partial charge in [-0.2, -0.15) is 0 Å². The van der Waals surface area contributed by atoms with E-state index in [0.717, 1.165) is 5.69 Å². The van der Waals surface area contributed by atoms with Crippen molar-refractivity contribution in [3.05, 3.63) is 24.0 Å². The fourth-order valence-corrected chi connectivity index (χ4v) is 1.12. The molecule has 1 heterocycles. The molecule has 0 amide bonds. The Kier molecular flexibility index (Phi) is 2.35. The lowest BCUT2D eigenvalue weighted by atomic mass is 10.0. The predicted octanol–water partition coefficient (Wildman–Crippen LogP) is 1.71. The first-order valence-corrected chi connectivity index (χ1v) is 3.92. The molecule has 1 unspecified atom stereocenters. The van der Waals surface area contributed by atoms with Crippen LogP contribution in [-0.2, 0) is 7.05 Å². The number of nitrogens with zero attached hydrogens (tertiary/aromatic N) is 1. The monoisotopic (exact) mass is 153 g/mol. The smallest absolute Gasteiger partial charge is 0.0962 e. The van der Waals surface area contributed by atoms with Crippen LogP contribution in [0.5, 0.6) is 0 Å². The van der Waals surface area contributed by atoms with E-state index in [1.54, 1.807) is 0 Å². The van der Waals surface area contributed by atoms with E-state index in [0.29, 0.717) is 0 Å². The highest BCUT2D eigenvalue weighted by atomic mass is 16.3. The molecule has 0 saturated carbocycles. The molecule has 0 aliphatic rings. The van der Waals surface area contributed by atoms with Crippen molar-refractivity contribution in [3.63, 3.8) is 0 Å². The van der Waals surface area contributed by atoms with Gasteiger partial charge in [0.25, 0.3) is 0 Å². The highest BCUT2D eigenvalue weighted by molar-refractivity contribution is 5.09. The first-order valence-electron chi connectivity index (χ1n) is 3.92. The third kappa shape index (κ3) is 1.63. The first kappa shape index (κ1) is 8.34. The van der Waals surface area contributed by atoms with Crippen LogP contribution in [0.4, 0.5) is 0 Å². The zero-order valence-corrected chi connectivity index (χ0v) is 7.28. The standard InChI is InChI=1S/C9H15NO/c1-7(2)9(11)8-5-4-6-10(8)3/h4-7,9,11H,1-3H3. The largest absolute Gasteiger partial charge is 0.387 e. The van der Waals surface area contributed by atoms with Crippen molar-refractivity contribution in [1.29, 1.82) is 0 Å². The maximum atomic E-state index is 9.65. The van der Waals surface area contributed by atoms with E-state index in [1.807, 2.05) is 43.8 Å². The molecule has 2 heteroatoms. The van der Waals surface area contributed by atoms with E-state index >= 15 is 0 Å². The number of aliphatic hydroxyl groups is 1. The topological polar surface area (TPSA) is 25.2 Å². The molecule has 0 spiro atoms. The van der Waals surface area contributed by atoms with Crippen LogP contribution < -0.4 is 0 Å². The van der Waals surface area contributed by atoms with Gasteiger partial charge in [-0.15, -0.1) is 0 Å². The summed E-state index contributed by atoms with van der Waals surface area (Å²) in [5.74, 6) is 0.281. The van der Waals surface area contributed by atoms with Crippen LogP contribution in [0.25, 0.3) is 0 Å². The van der Waals surface area contributed by atoms with Crippen LogP contribution in [0.2, 0.25) is 0 Å². The number of aromatic nitrogens is 1. The minimum absolute atomic E-state index is 0.281. The van der Waals surface area contributed by atoms with Crippen molar-refractivity contribution in [1.82, 2.24) is 4.57 Å². The highest BCUT2D eigenvalue weighted by Crippen LogP contribution is 2.20. The Hall–Kier alpha value is -0.760. The van der Waals surface area contributed by atoms with Crippen molar-refractivity contribution >= 4 is 0 Å². The zero-order valence-electron chi connectivity index (χ0n) is 7.28. The lowest BCUT2D eigenvalue weighted by Crippen LogP contribution is -2.09. The second-order valence-corrected chi connectivity index (χ2v) is 3.23. The molecular formula is C9H15NO. The van der Waals surface area contributed by atoms with Crippen molar-refractivity contribution in [2.75, 3.05) is 0 Å². The van der Waals surface area contributed by atoms with Gasteiger partial charge in [0.15, 0.2) is 0 Å². The molecule has 62 valence electrons. The van der Waals surface area contributed by atoms with Gasteiger partial charge in [0.1, 0.15) is 0 Å². The van der Waals surface area contributed by atoms with E-state index in [-0.39, 0.29) is 12.0 Å². The number of rotatable bonds is 2. The molecule has 0 radical (unpaired) electrons. The van der Waals surface area contributed by atoms with Gasteiger partial charge in [-0.05, 0) is 18.1 Å². The number of hydrogen-bond acceptors (Lipinski definition) is 1. The zero-order chi connectivity index (χ0) is 8.43. The fraction of sp³-hybridized carbons (Fsp3) is 0.556. The summed E-state index contributed by atoms with van der Waals surface area (Å²) >= 11 is 0. The van der Waals surface area contributed by atoms with Gasteiger partial charge in [-0.3, -0.25) is 0 Å². The summed E-state index contributed by atoms with van der Waals surface area (Å²) in [5, 5.41) is 9.65. The summed E-state index contributed by atoms with van der Waals surface area (Å²) in [6.45, 7) is 4.02. The Morgan fingerprint density at radius 1 is 1.45 bits per heavy atom. The molecule has 1 aromatic heterocycles. The third-order valence-corrected chi connectivity index (χ3v) is 1.92. The molecule has 0 aliphatic carbocycles. The van der Waals surface area contributed by atoms with Gasteiger partial charge in [-0.1, -0.05) is 13.8 Å². The SMILES string of the molecule is CC(C)C(O)c1cccn1C. The molecular weight excluding hydrogens is 138 g/mol. The Bertz CT molecular complexity index is 227. The number of hydrogen-bond donors (Lipinski definition) is 1. The van der Waals surface area contributed by atoms with Crippen molar-refractivity contribution in [3.8, 4) is 0 Å². The van der Waals surface area contributed by atoms with Gasteiger partial charge in [0.05, 0.1) is 6.10 Å². The van der Waals surface area contributed by atoms with Crippen molar-refractivity contribution < 1.29 is 5.11 Å². The Balaban J connectivity index is 2.84. The molecule has 1 rings (SSSR count). The number of aliphatic hydroxyl groups excluding tert-OH is 1. The maximum Gasteiger partial charge on any atom is 0.0962 e. The fourth-order valence-electron chi connectivity index (χ4n) is 1.12. The van der Waals surface area contributed by atoms with Crippen LogP contribution >= 0.6 is 0 Å². The molecule has 11 heavy (non-hydrogen) atoms. The quantitative estimate of drug-likeness (QED) is 0.687. The van der Waals surface area contributed by atoms with Gasteiger partial charge in [0.2, 0.25) is 0 Å². The minimum atomic E-state index is -0.338. The molecule has 0 fully saturated rings. The summed E-state index contributed by atoms with van der Waals surface area (Å²) < 4.78 is 1.95. The van der Waals surface area contributed by atoms with E-state index in [2.05, 4.69) is 0 Å². The van der Waals surface area contributed by atoms with E-state index in [1.165, 1.54) is 0 Å². The summed E-state index contributed by atoms with van der Waals surface area (Å²) in [6, 6.07) is 3.89. The molecule has 0 aromatic carbocycles. The Morgan fingerprint density at radius 2 is 2.09 bits per heavy atom. The average molecular weight is 153 g/mol. The average Bonchev–Trinajstić information content (AvgIpc) is 2.33. The molecule has 0 aliphatic heterocycles. The van der Waals surface area contributed by atoms with Crippen LogP contribution in [0, 0.1) is 5.92 Å². The second-order valence-electron chi connectivity index (χ2n) is 3.23. The van der Waals surface area contributed by atoms with Crippen LogP contribution in [0.3, 0.4) is 0 Å². The molecule has 1 aromatic rings. The second kappa shape index (κ2) is 3.09.